The van der Waals surface area contributed by atoms with Gasteiger partial charge in [0.25, 0.3) is 5.91 Å². The van der Waals surface area contributed by atoms with Crippen molar-refractivity contribution in [2.75, 3.05) is 5.32 Å². The number of amides is 2. The fraction of sp³-hybridized carbons (Fsp3) is 0.524. The minimum Gasteiger partial charge on any atom is -0.444 e. The summed E-state index contributed by atoms with van der Waals surface area (Å²) < 4.78 is 5.28. The largest absolute Gasteiger partial charge is 0.444 e. The molecule has 2 aliphatic rings. The minimum absolute atomic E-state index is 0.0400. The first-order valence-electron chi connectivity index (χ1n) is 10.0. The third-order valence-electron chi connectivity index (χ3n) is 5.31. The van der Waals surface area contributed by atoms with Crippen molar-refractivity contribution < 1.29 is 14.3 Å². The average molecular weight is 449 g/mol. The maximum atomic E-state index is 12.9. The summed E-state index contributed by atoms with van der Waals surface area (Å²) in [5, 5.41) is 3.31. The number of nitrogens with zero attached hydrogens (tertiary/aromatic N) is 3. The summed E-state index contributed by atoms with van der Waals surface area (Å²) >= 11 is 7.74. The van der Waals surface area contributed by atoms with Gasteiger partial charge in [0.05, 0.1) is 21.8 Å². The highest BCUT2D eigenvalue weighted by atomic mass is 35.5. The monoisotopic (exact) mass is 448 g/mol. The molecule has 160 valence electrons. The Kier molecular flexibility index (Phi) is 5.26. The molecule has 0 aromatic carbocycles. The number of rotatable bonds is 4. The van der Waals surface area contributed by atoms with Gasteiger partial charge < -0.3 is 9.64 Å². The SMILES string of the molecule is Cc1nc(NC(=O)OC(C)(C)C)sc1-c1cc2c(c(Cl)n1)C(=O)N([C@@H](C)C1CC1)C2. The number of fused-ring (bicyclic) bond motifs is 1. The normalized spacial score (nSPS) is 17.1. The Morgan fingerprint density at radius 1 is 1.37 bits per heavy atom. The first kappa shape index (κ1) is 21.1. The number of aromatic nitrogens is 2. The standard InChI is InChI=1S/C21H25ClN4O3S/c1-10-16(30-19(23-10)25-20(28)29-21(3,4)5)14-8-13-9-26(11(2)12-6-7-12)18(27)15(13)17(22)24-14/h8,11-12H,6-7,9H2,1-5H3,(H,23,25,28)/t11-/m0/s1. The van der Waals surface area contributed by atoms with Crippen LogP contribution in [0, 0.1) is 12.8 Å². The molecule has 1 aliphatic carbocycles. The van der Waals surface area contributed by atoms with Gasteiger partial charge in [-0.05, 0) is 65.0 Å². The van der Waals surface area contributed by atoms with E-state index in [1.54, 1.807) is 20.8 Å². The van der Waals surface area contributed by atoms with E-state index in [9.17, 15) is 9.59 Å². The van der Waals surface area contributed by atoms with Crippen molar-refractivity contribution in [2.45, 2.75) is 65.6 Å². The van der Waals surface area contributed by atoms with E-state index in [-0.39, 0.29) is 17.1 Å². The number of carbonyl (C=O) groups excluding carboxylic acids is 2. The second-order valence-electron chi connectivity index (χ2n) is 8.90. The number of ether oxygens (including phenoxy) is 1. The highest BCUT2D eigenvalue weighted by Gasteiger charge is 2.40. The van der Waals surface area contributed by atoms with Crippen LogP contribution >= 0.6 is 22.9 Å². The Balaban J connectivity index is 1.58. The van der Waals surface area contributed by atoms with Gasteiger partial charge >= 0.3 is 6.09 Å². The van der Waals surface area contributed by atoms with Crippen LogP contribution in [0.2, 0.25) is 5.15 Å². The Morgan fingerprint density at radius 2 is 2.07 bits per heavy atom. The summed E-state index contributed by atoms with van der Waals surface area (Å²) in [6.45, 7) is 9.90. The van der Waals surface area contributed by atoms with Gasteiger partial charge in [-0.3, -0.25) is 10.1 Å². The molecule has 30 heavy (non-hydrogen) atoms. The molecule has 7 nitrogen and oxygen atoms in total. The predicted molar refractivity (Wildman–Crippen MR) is 117 cm³/mol. The zero-order valence-electron chi connectivity index (χ0n) is 17.7. The molecule has 2 aromatic rings. The topological polar surface area (TPSA) is 84.4 Å². The summed E-state index contributed by atoms with van der Waals surface area (Å²) in [6, 6.07) is 2.12. The summed E-state index contributed by atoms with van der Waals surface area (Å²) in [5.41, 5.74) is 2.17. The lowest BCUT2D eigenvalue weighted by Gasteiger charge is -2.23. The third kappa shape index (κ3) is 4.16. The lowest BCUT2D eigenvalue weighted by atomic mass is 10.1. The Labute approximate surface area is 184 Å². The number of carbonyl (C=O) groups is 2. The minimum atomic E-state index is -0.593. The highest BCUT2D eigenvalue weighted by molar-refractivity contribution is 7.19. The number of hydrogen-bond donors (Lipinski definition) is 1. The van der Waals surface area contributed by atoms with Crippen LogP contribution in [0.1, 0.15) is 62.2 Å². The second-order valence-corrected chi connectivity index (χ2v) is 10.3. The second kappa shape index (κ2) is 7.50. The number of hydrogen-bond acceptors (Lipinski definition) is 6. The molecule has 1 aliphatic heterocycles. The van der Waals surface area contributed by atoms with E-state index < -0.39 is 11.7 Å². The Hall–Kier alpha value is -2.19. The molecule has 0 unspecified atom stereocenters. The fourth-order valence-corrected chi connectivity index (χ4v) is 4.88. The molecule has 3 heterocycles. The molecule has 9 heteroatoms. The van der Waals surface area contributed by atoms with Gasteiger partial charge in [-0.25, -0.2) is 14.8 Å². The highest BCUT2D eigenvalue weighted by Crippen LogP contribution is 2.41. The molecular formula is C21H25ClN4O3S. The Morgan fingerprint density at radius 3 is 2.70 bits per heavy atom. The van der Waals surface area contributed by atoms with E-state index in [4.69, 9.17) is 16.3 Å². The third-order valence-corrected chi connectivity index (χ3v) is 6.67. The van der Waals surface area contributed by atoms with Crippen LogP contribution in [0.4, 0.5) is 9.93 Å². The van der Waals surface area contributed by atoms with Gasteiger partial charge in [0.2, 0.25) is 0 Å². The smallest absolute Gasteiger partial charge is 0.413 e. The van der Waals surface area contributed by atoms with E-state index >= 15 is 0 Å². The maximum absolute atomic E-state index is 12.9. The Bertz CT molecular complexity index is 1030. The van der Waals surface area contributed by atoms with Crippen LogP contribution < -0.4 is 5.32 Å². The molecule has 1 fully saturated rings. The van der Waals surface area contributed by atoms with Crippen LogP contribution in [0.5, 0.6) is 0 Å². The van der Waals surface area contributed by atoms with E-state index in [2.05, 4.69) is 22.2 Å². The van der Waals surface area contributed by atoms with Crippen molar-refractivity contribution in [3.63, 3.8) is 0 Å². The number of anilines is 1. The number of thiazole rings is 1. The molecule has 0 spiro atoms. The van der Waals surface area contributed by atoms with E-state index in [1.807, 2.05) is 17.9 Å². The van der Waals surface area contributed by atoms with Crippen molar-refractivity contribution in [3.05, 3.63) is 28.0 Å². The van der Waals surface area contributed by atoms with Gasteiger partial charge in [-0.15, -0.1) is 0 Å². The van der Waals surface area contributed by atoms with Crippen molar-refractivity contribution in [2.24, 2.45) is 5.92 Å². The van der Waals surface area contributed by atoms with E-state index in [1.165, 1.54) is 24.2 Å². The molecule has 0 saturated heterocycles. The van der Waals surface area contributed by atoms with Gasteiger partial charge in [0.1, 0.15) is 10.8 Å². The van der Waals surface area contributed by atoms with Gasteiger partial charge in [-0.1, -0.05) is 22.9 Å². The van der Waals surface area contributed by atoms with Crippen LogP contribution in [-0.4, -0.2) is 38.5 Å². The van der Waals surface area contributed by atoms with Gasteiger partial charge in [0, 0.05) is 12.6 Å². The van der Waals surface area contributed by atoms with E-state index in [0.717, 1.165) is 16.1 Å². The number of nitrogens with one attached hydrogen (secondary N) is 1. The molecule has 1 saturated carbocycles. The van der Waals surface area contributed by atoms with E-state index in [0.29, 0.717) is 28.9 Å². The number of halogens is 1. The van der Waals surface area contributed by atoms with Gasteiger partial charge in [-0.2, -0.15) is 0 Å². The van der Waals surface area contributed by atoms with Crippen LogP contribution in [-0.2, 0) is 11.3 Å². The molecule has 0 bridgehead atoms. The van der Waals surface area contributed by atoms with Crippen molar-refractivity contribution in [1.29, 1.82) is 0 Å². The van der Waals surface area contributed by atoms with Gasteiger partial charge in [0.15, 0.2) is 5.13 Å². The number of pyridine rings is 1. The lowest BCUT2D eigenvalue weighted by Crippen LogP contribution is -2.34. The van der Waals surface area contributed by atoms with Crippen molar-refractivity contribution >= 4 is 40.1 Å². The molecular weight excluding hydrogens is 424 g/mol. The lowest BCUT2D eigenvalue weighted by molar-refractivity contribution is 0.0634. The molecule has 1 atom stereocenters. The van der Waals surface area contributed by atoms with Crippen LogP contribution in [0.15, 0.2) is 6.07 Å². The molecule has 4 rings (SSSR count). The quantitative estimate of drug-likeness (QED) is 0.644. The number of aryl methyl sites for hydroxylation is 1. The van der Waals surface area contributed by atoms with Crippen molar-refractivity contribution in [1.82, 2.24) is 14.9 Å². The molecule has 2 aromatic heterocycles. The first-order chi connectivity index (χ1) is 14.0. The summed E-state index contributed by atoms with van der Waals surface area (Å²) in [7, 11) is 0. The molecule has 0 radical (unpaired) electrons. The zero-order valence-corrected chi connectivity index (χ0v) is 19.3. The fourth-order valence-electron chi connectivity index (χ4n) is 3.67. The zero-order chi connectivity index (χ0) is 21.8. The summed E-state index contributed by atoms with van der Waals surface area (Å²) in [6.07, 6.45) is 1.79. The summed E-state index contributed by atoms with van der Waals surface area (Å²) in [4.78, 5) is 36.5. The van der Waals surface area contributed by atoms with Crippen LogP contribution in [0.25, 0.3) is 10.6 Å². The molecule has 1 N–H and O–H groups in total. The maximum Gasteiger partial charge on any atom is 0.413 e. The predicted octanol–water partition coefficient (Wildman–Crippen LogP) is 5.27. The van der Waals surface area contributed by atoms with Crippen LogP contribution in [0.3, 0.4) is 0 Å². The first-order valence-corrected chi connectivity index (χ1v) is 11.2. The molecule has 2 amide bonds. The summed E-state index contributed by atoms with van der Waals surface area (Å²) in [5.74, 6) is 0.543. The van der Waals surface area contributed by atoms with Crippen molar-refractivity contribution in [3.8, 4) is 10.6 Å². The average Bonchev–Trinajstić information content (AvgIpc) is 3.33.